The molecule has 0 spiro atoms. The lowest BCUT2D eigenvalue weighted by molar-refractivity contribution is 0.102. The number of halogens is 1. The molecule has 0 aliphatic rings. The van der Waals surface area contributed by atoms with Crippen LogP contribution in [0.4, 0.5) is 5.69 Å². The number of aryl methyl sites for hydroxylation is 1. The van der Waals surface area contributed by atoms with Gasteiger partial charge in [-0.15, -0.1) is 0 Å². The summed E-state index contributed by atoms with van der Waals surface area (Å²) in [5.41, 5.74) is 3.19. The summed E-state index contributed by atoms with van der Waals surface area (Å²) in [7, 11) is 1.60. The average molecular weight is 426 g/mol. The van der Waals surface area contributed by atoms with E-state index in [1.807, 2.05) is 55.5 Å². The molecular weight excluding hydrogens is 406 g/mol. The van der Waals surface area contributed by atoms with E-state index in [-0.39, 0.29) is 5.91 Å². The Morgan fingerprint density at radius 3 is 2.59 bits per heavy atom. The largest absolute Gasteiger partial charge is 0.496 e. The zero-order valence-electron chi connectivity index (χ0n) is 15.2. The quantitative estimate of drug-likeness (QED) is 0.559. The Morgan fingerprint density at radius 1 is 1.04 bits per heavy atom. The van der Waals surface area contributed by atoms with Gasteiger partial charge in [0.15, 0.2) is 0 Å². The number of para-hydroxylation sites is 1. The van der Waals surface area contributed by atoms with Crippen molar-refractivity contribution in [3.8, 4) is 11.5 Å². The highest BCUT2D eigenvalue weighted by Crippen LogP contribution is 2.25. The van der Waals surface area contributed by atoms with Gasteiger partial charge in [-0.3, -0.25) is 4.79 Å². The third-order valence-corrected chi connectivity index (χ3v) is 4.74. The first kappa shape index (κ1) is 19.0. The van der Waals surface area contributed by atoms with E-state index in [1.165, 1.54) is 0 Å². The molecule has 1 amide bonds. The Bertz CT molecular complexity index is 956. The number of carbonyl (C=O) groups is 1. The number of methoxy groups -OCH3 is 1. The average Bonchev–Trinajstić information content (AvgIpc) is 2.68. The van der Waals surface area contributed by atoms with Crippen LogP contribution in [-0.2, 0) is 6.61 Å². The lowest BCUT2D eigenvalue weighted by Gasteiger charge is -2.13. The van der Waals surface area contributed by atoms with Crippen LogP contribution in [0.1, 0.15) is 21.5 Å². The van der Waals surface area contributed by atoms with E-state index < -0.39 is 0 Å². The first-order valence-electron chi connectivity index (χ1n) is 8.49. The molecule has 138 valence electrons. The van der Waals surface area contributed by atoms with Gasteiger partial charge in [0.2, 0.25) is 0 Å². The SMILES string of the molecule is COc1ccc(C(=O)Nc2ccccc2Br)cc1COc1cccc(C)c1. The minimum Gasteiger partial charge on any atom is -0.496 e. The monoisotopic (exact) mass is 425 g/mol. The first-order valence-corrected chi connectivity index (χ1v) is 9.28. The summed E-state index contributed by atoms with van der Waals surface area (Å²) in [5.74, 6) is 1.27. The molecule has 0 heterocycles. The highest BCUT2D eigenvalue weighted by molar-refractivity contribution is 9.10. The van der Waals surface area contributed by atoms with Gasteiger partial charge in [0.05, 0.1) is 12.8 Å². The smallest absolute Gasteiger partial charge is 0.255 e. The van der Waals surface area contributed by atoms with Crippen LogP contribution >= 0.6 is 15.9 Å². The molecule has 27 heavy (non-hydrogen) atoms. The summed E-state index contributed by atoms with van der Waals surface area (Å²) in [6.07, 6.45) is 0. The maximum Gasteiger partial charge on any atom is 0.255 e. The second kappa shape index (κ2) is 8.73. The molecule has 1 N–H and O–H groups in total. The molecule has 0 bridgehead atoms. The van der Waals surface area contributed by atoms with Crippen LogP contribution in [0.5, 0.6) is 11.5 Å². The number of hydrogen-bond donors (Lipinski definition) is 1. The van der Waals surface area contributed by atoms with Crippen LogP contribution in [0.3, 0.4) is 0 Å². The van der Waals surface area contributed by atoms with Gasteiger partial charge < -0.3 is 14.8 Å². The van der Waals surface area contributed by atoms with Crippen molar-refractivity contribution in [2.75, 3.05) is 12.4 Å². The fraction of sp³-hybridized carbons (Fsp3) is 0.136. The number of ether oxygens (including phenoxy) is 2. The maximum absolute atomic E-state index is 12.6. The molecule has 0 fully saturated rings. The summed E-state index contributed by atoms with van der Waals surface area (Å²) in [5, 5.41) is 2.91. The van der Waals surface area contributed by atoms with Crippen molar-refractivity contribution in [1.82, 2.24) is 0 Å². The van der Waals surface area contributed by atoms with Crippen LogP contribution in [0.25, 0.3) is 0 Å². The summed E-state index contributed by atoms with van der Waals surface area (Å²) in [6, 6.07) is 20.6. The van der Waals surface area contributed by atoms with Crippen LogP contribution in [-0.4, -0.2) is 13.0 Å². The second-order valence-corrected chi connectivity index (χ2v) is 6.92. The van der Waals surface area contributed by atoms with Gasteiger partial charge in [-0.25, -0.2) is 0 Å². The Morgan fingerprint density at radius 2 is 1.85 bits per heavy atom. The van der Waals surface area contributed by atoms with Crippen LogP contribution in [0.15, 0.2) is 71.2 Å². The predicted octanol–water partition coefficient (Wildman–Crippen LogP) is 5.60. The van der Waals surface area contributed by atoms with Crippen molar-refractivity contribution in [2.24, 2.45) is 0 Å². The molecular formula is C22H20BrNO3. The van der Waals surface area contributed by atoms with E-state index in [9.17, 15) is 4.79 Å². The molecule has 0 radical (unpaired) electrons. The molecule has 0 unspecified atom stereocenters. The molecule has 0 saturated heterocycles. The zero-order valence-corrected chi connectivity index (χ0v) is 16.7. The lowest BCUT2D eigenvalue weighted by Crippen LogP contribution is -2.13. The van der Waals surface area contributed by atoms with E-state index in [2.05, 4.69) is 21.2 Å². The number of amides is 1. The van der Waals surface area contributed by atoms with E-state index in [1.54, 1.807) is 25.3 Å². The van der Waals surface area contributed by atoms with Crippen molar-refractivity contribution in [2.45, 2.75) is 13.5 Å². The number of hydrogen-bond acceptors (Lipinski definition) is 3. The molecule has 0 aliphatic carbocycles. The van der Waals surface area contributed by atoms with Crippen LogP contribution in [0.2, 0.25) is 0 Å². The molecule has 0 atom stereocenters. The minimum atomic E-state index is -0.193. The molecule has 5 heteroatoms. The van der Waals surface area contributed by atoms with Crippen LogP contribution in [0, 0.1) is 6.92 Å². The molecule has 0 aliphatic heterocycles. The lowest BCUT2D eigenvalue weighted by atomic mass is 10.1. The Kier molecular flexibility index (Phi) is 6.14. The van der Waals surface area contributed by atoms with Crippen molar-refractivity contribution in [1.29, 1.82) is 0 Å². The van der Waals surface area contributed by atoms with E-state index in [4.69, 9.17) is 9.47 Å². The van der Waals surface area contributed by atoms with Crippen LogP contribution < -0.4 is 14.8 Å². The zero-order chi connectivity index (χ0) is 19.2. The highest BCUT2D eigenvalue weighted by atomic mass is 79.9. The van der Waals surface area contributed by atoms with E-state index in [0.717, 1.165) is 27.0 Å². The molecule has 3 aromatic carbocycles. The minimum absolute atomic E-state index is 0.193. The van der Waals surface area contributed by atoms with Crippen molar-refractivity contribution < 1.29 is 14.3 Å². The number of nitrogens with one attached hydrogen (secondary N) is 1. The topological polar surface area (TPSA) is 47.6 Å². The van der Waals surface area contributed by atoms with Crippen molar-refractivity contribution >= 4 is 27.5 Å². The maximum atomic E-state index is 12.6. The standard InChI is InChI=1S/C22H20BrNO3/c1-15-6-5-7-18(12-15)27-14-17-13-16(10-11-21(17)26-2)22(25)24-20-9-4-3-8-19(20)23/h3-13H,14H2,1-2H3,(H,24,25). The van der Waals surface area contributed by atoms with Gasteiger partial charge >= 0.3 is 0 Å². The molecule has 3 rings (SSSR count). The predicted molar refractivity (Wildman–Crippen MR) is 111 cm³/mol. The van der Waals surface area contributed by atoms with Gasteiger partial charge in [-0.05, 0) is 70.9 Å². The van der Waals surface area contributed by atoms with Crippen molar-refractivity contribution in [3.05, 3.63) is 87.9 Å². The van der Waals surface area contributed by atoms with Crippen molar-refractivity contribution in [3.63, 3.8) is 0 Å². The number of benzene rings is 3. The molecule has 0 aromatic heterocycles. The van der Waals surface area contributed by atoms with Gasteiger partial charge in [-0.2, -0.15) is 0 Å². The number of rotatable bonds is 6. The van der Waals surface area contributed by atoms with Gasteiger partial charge in [0, 0.05) is 15.6 Å². The van der Waals surface area contributed by atoms with E-state index in [0.29, 0.717) is 17.9 Å². The Labute approximate surface area is 167 Å². The number of anilines is 1. The molecule has 4 nitrogen and oxygen atoms in total. The normalized spacial score (nSPS) is 10.3. The fourth-order valence-electron chi connectivity index (χ4n) is 2.66. The first-order chi connectivity index (χ1) is 13.1. The summed E-state index contributed by atoms with van der Waals surface area (Å²) >= 11 is 3.44. The summed E-state index contributed by atoms with van der Waals surface area (Å²) in [4.78, 5) is 12.6. The third-order valence-electron chi connectivity index (χ3n) is 4.05. The number of carbonyl (C=O) groups excluding carboxylic acids is 1. The third kappa shape index (κ3) is 4.89. The molecule has 3 aromatic rings. The van der Waals surface area contributed by atoms with Gasteiger partial charge in [0.1, 0.15) is 18.1 Å². The molecule has 0 saturated carbocycles. The second-order valence-electron chi connectivity index (χ2n) is 6.07. The summed E-state index contributed by atoms with van der Waals surface area (Å²) < 4.78 is 12.1. The fourth-order valence-corrected chi connectivity index (χ4v) is 3.04. The Hall–Kier alpha value is -2.79. The van der Waals surface area contributed by atoms with E-state index >= 15 is 0 Å². The summed E-state index contributed by atoms with van der Waals surface area (Å²) in [6.45, 7) is 2.32. The highest BCUT2D eigenvalue weighted by Gasteiger charge is 2.12. The van der Waals surface area contributed by atoms with Gasteiger partial charge in [0.25, 0.3) is 5.91 Å². The van der Waals surface area contributed by atoms with Gasteiger partial charge in [-0.1, -0.05) is 24.3 Å². The Balaban J connectivity index is 1.78.